The number of sulfonamides is 1. The van der Waals surface area contributed by atoms with Crippen LogP contribution in [-0.4, -0.2) is 64.9 Å². The number of halogens is 2. The molecule has 4 rings (SSSR count). The second-order valence-corrected chi connectivity index (χ2v) is 12.2. The summed E-state index contributed by atoms with van der Waals surface area (Å²) in [6, 6.07) is 13.2. The zero-order valence-electron chi connectivity index (χ0n) is 21.1. The molecule has 3 aromatic rings. The van der Waals surface area contributed by atoms with Gasteiger partial charge in [0.25, 0.3) is 5.91 Å². The number of thioether (sulfide) groups is 1. The molecule has 0 radical (unpaired) electrons. The average Bonchev–Trinajstić information content (AvgIpc) is 3.18. The number of nitrogen functional groups attached to an aromatic ring is 2. The number of aliphatic hydroxyl groups is 1. The lowest BCUT2D eigenvalue weighted by atomic mass is 10.0. The molecule has 12 nitrogen and oxygen atoms in total. The summed E-state index contributed by atoms with van der Waals surface area (Å²) in [6.45, 7) is 0.0870. The van der Waals surface area contributed by atoms with Gasteiger partial charge >= 0.3 is 0 Å². The molecule has 40 heavy (non-hydrogen) atoms. The molecule has 1 fully saturated rings. The highest BCUT2D eigenvalue weighted by Crippen LogP contribution is 2.39. The maximum atomic E-state index is 12.8. The number of amidine groups is 1. The van der Waals surface area contributed by atoms with Gasteiger partial charge in [0.2, 0.25) is 10.0 Å². The van der Waals surface area contributed by atoms with E-state index in [9.17, 15) is 18.3 Å². The third-order valence-corrected chi connectivity index (χ3v) is 9.02. The summed E-state index contributed by atoms with van der Waals surface area (Å²) in [5, 5.41) is 19.9. The Labute approximate surface area is 245 Å². The number of nitrogens with two attached hydrogens (primary N) is 3. The van der Waals surface area contributed by atoms with Crippen LogP contribution in [0, 0.1) is 0 Å². The molecular weight excluding hydrogens is 599 g/mol. The number of hydrogen-bond acceptors (Lipinski definition) is 10. The Hall–Kier alpha value is -3.14. The number of nitrogens with one attached hydrogen (secondary N) is 1. The highest BCUT2D eigenvalue weighted by atomic mass is 35.5. The molecule has 0 spiro atoms. The summed E-state index contributed by atoms with van der Waals surface area (Å²) in [5.41, 5.74) is 10.9. The molecule has 0 bridgehead atoms. The Morgan fingerprint density at radius 1 is 1.20 bits per heavy atom. The van der Waals surface area contributed by atoms with Gasteiger partial charge < -0.3 is 26.8 Å². The minimum atomic E-state index is -4.12. The van der Waals surface area contributed by atoms with Gasteiger partial charge in [-0.15, -0.1) is 0 Å². The fourth-order valence-electron chi connectivity index (χ4n) is 4.00. The Bertz CT molecular complexity index is 1580. The Morgan fingerprint density at radius 2 is 1.90 bits per heavy atom. The number of primary sulfonamides is 1. The number of rotatable bonds is 8. The molecule has 1 amide bonds. The summed E-state index contributed by atoms with van der Waals surface area (Å²) in [4.78, 5) is 26.7. The molecule has 0 saturated carbocycles. The third kappa shape index (κ3) is 6.43. The second kappa shape index (κ2) is 11.8. The normalized spacial score (nSPS) is 19.1. The summed E-state index contributed by atoms with van der Waals surface area (Å²) in [7, 11) is -2.48. The predicted octanol–water partition coefficient (Wildman–Crippen LogP) is 1.82. The van der Waals surface area contributed by atoms with Crippen LogP contribution in [0.4, 0.5) is 11.6 Å². The monoisotopic (exact) mass is 624 g/mol. The zero-order valence-corrected chi connectivity index (χ0v) is 24.2. The summed E-state index contributed by atoms with van der Waals surface area (Å²) in [6.07, 6.45) is 0.456. The lowest BCUT2D eigenvalue weighted by molar-refractivity contribution is -0.0351. The Balaban J connectivity index is 1.60. The maximum Gasteiger partial charge on any atom is 0.273 e. The minimum Gasteiger partial charge on any atom is -0.382 e. The van der Waals surface area contributed by atoms with E-state index in [0.717, 1.165) is 5.56 Å². The van der Waals surface area contributed by atoms with Crippen molar-refractivity contribution in [3.05, 3.63) is 75.5 Å². The highest BCUT2D eigenvalue weighted by Gasteiger charge is 2.43. The number of aromatic nitrogens is 2. The van der Waals surface area contributed by atoms with Crippen LogP contribution < -0.4 is 21.9 Å². The molecule has 2 unspecified atom stereocenters. The van der Waals surface area contributed by atoms with Crippen molar-refractivity contribution in [2.45, 2.75) is 23.1 Å². The van der Waals surface area contributed by atoms with E-state index >= 15 is 0 Å². The molecule has 8 N–H and O–H groups in total. The van der Waals surface area contributed by atoms with Crippen molar-refractivity contribution in [2.24, 2.45) is 10.1 Å². The summed E-state index contributed by atoms with van der Waals surface area (Å²) < 4.78 is 24.0. The van der Waals surface area contributed by atoms with Crippen LogP contribution in [0.15, 0.2) is 58.4 Å². The lowest BCUT2D eigenvalue weighted by Gasteiger charge is -2.32. The van der Waals surface area contributed by atoms with E-state index in [-0.39, 0.29) is 50.3 Å². The minimum absolute atomic E-state index is 0.0524. The standard InChI is InChI=1S/C24H26Cl2N8O4S2/c1-34-23(39-12-24(34,36)14-7-8-16(25)17(10-14)40(29,37)38)31-15(9-13-5-3-2-4-6-13)11-30-22(35)18-20(27)33-21(28)19(26)32-18/h2-8,10,15,36H,9,11-12H2,1H3,(H,30,35)(H4,27,28,33)(H2,29,37,38). The van der Waals surface area contributed by atoms with Crippen molar-refractivity contribution in [1.29, 1.82) is 0 Å². The van der Waals surface area contributed by atoms with Crippen molar-refractivity contribution in [1.82, 2.24) is 20.2 Å². The first kappa shape index (κ1) is 29.8. The number of amides is 1. The number of carbonyl (C=O) groups is 1. The Morgan fingerprint density at radius 3 is 2.58 bits per heavy atom. The number of anilines is 2. The number of nitrogens with zero attached hydrogens (tertiary/aromatic N) is 4. The third-order valence-electron chi connectivity index (χ3n) is 6.17. The number of benzene rings is 2. The SMILES string of the molecule is CN1C(=NC(CNC(=O)c2nc(Cl)c(N)nc2N)Cc2ccccc2)SCC1(O)c1ccc(Cl)c(S(N)(=O)=O)c1. The van der Waals surface area contributed by atoms with Gasteiger partial charge in [0.05, 0.1) is 16.8 Å². The van der Waals surface area contributed by atoms with Crippen LogP contribution in [0.3, 0.4) is 0 Å². The second-order valence-electron chi connectivity index (χ2n) is 8.95. The van der Waals surface area contributed by atoms with Crippen molar-refractivity contribution in [2.75, 3.05) is 30.8 Å². The fourth-order valence-corrected chi connectivity index (χ4v) is 6.45. The predicted molar refractivity (Wildman–Crippen MR) is 157 cm³/mol. The molecule has 16 heteroatoms. The molecule has 1 saturated heterocycles. The molecule has 2 heterocycles. The quantitative estimate of drug-likeness (QED) is 0.246. The van der Waals surface area contributed by atoms with Gasteiger partial charge in [-0.2, -0.15) is 0 Å². The van der Waals surface area contributed by atoms with Crippen molar-refractivity contribution < 1.29 is 18.3 Å². The summed E-state index contributed by atoms with van der Waals surface area (Å²) in [5.74, 6) is -0.710. The van der Waals surface area contributed by atoms with Crippen LogP contribution in [0.1, 0.15) is 21.6 Å². The molecule has 1 aliphatic rings. The van der Waals surface area contributed by atoms with Crippen LogP contribution >= 0.6 is 35.0 Å². The number of carbonyl (C=O) groups excluding carboxylic acids is 1. The molecule has 1 aliphatic heterocycles. The van der Waals surface area contributed by atoms with Crippen molar-refractivity contribution in [3.8, 4) is 0 Å². The van der Waals surface area contributed by atoms with Crippen molar-refractivity contribution >= 4 is 67.7 Å². The average molecular weight is 626 g/mol. The smallest absolute Gasteiger partial charge is 0.273 e. The van der Waals surface area contributed by atoms with Gasteiger partial charge in [0.15, 0.2) is 33.4 Å². The first-order valence-corrected chi connectivity index (χ1v) is 15.0. The van der Waals surface area contributed by atoms with Gasteiger partial charge in [-0.05, 0) is 24.1 Å². The van der Waals surface area contributed by atoms with E-state index in [0.29, 0.717) is 11.6 Å². The molecule has 2 atom stereocenters. The topological polar surface area (TPSA) is 203 Å². The van der Waals surface area contributed by atoms with Gasteiger partial charge in [-0.3, -0.25) is 9.79 Å². The van der Waals surface area contributed by atoms with Gasteiger partial charge in [-0.25, -0.2) is 23.5 Å². The lowest BCUT2D eigenvalue weighted by Crippen LogP contribution is -2.43. The van der Waals surface area contributed by atoms with E-state index < -0.39 is 27.7 Å². The molecule has 2 aromatic carbocycles. The van der Waals surface area contributed by atoms with E-state index in [4.69, 9.17) is 44.8 Å². The molecular formula is C24H26Cl2N8O4S2. The highest BCUT2D eigenvalue weighted by molar-refractivity contribution is 8.14. The first-order valence-electron chi connectivity index (χ1n) is 11.7. The van der Waals surface area contributed by atoms with Gasteiger partial charge in [0.1, 0.15) is 4.90 Å². The largest absolute Gasteiger partial charge is 0.382 e. The molecule has 1 aromatic heterocycles. The van der Waals surface area contributed by atoms with Crippen molar-refractivity contribution in [3.63, 3.8) is 0 Å². The fraction of sp³-hybridized carbons (Fsp3) is 0.250. The van der Waals surface area contributed by atoms with E-state index in [2.05, 4.69) is 15.3 Å². The van der Waals surface area contributed by atoms with Crippen LogP contribution in [0.5, 0.6) is 0 Å². The van der Waals surface area contributed by atoms with Crippen LogP contribution in [0.25, 0.3) is 0 Å². The van der Waals surface area contributed by atoms with Crippen LogP contribution in [0.2, 0.25) is 10.2 Å². The molecule has 0 aliphatic carbocycles. The van der Waals surface area contributed by atoms with E-state index in [1.54, 1.807) is 7.05 Å². The van der Waals surface area contributed by atoms with E-state index in [1.165, 1.54) is 34.9 Å². The first-order chi connectivity index (χ1) is 18.8. The zero-order chi connectivity index (χ0) is 29.2. The van der Waals surface area contributed by atoms with E-state index in [1.807, 2.05) is 30.3 Å². The van der Waals surface area contributed by atoms with Gasteiger partial charge in [0, 0.05) is 19.2 Å². The number of aliphatic imine (C=N–C) groups is 1. The number of hydrogen-bond donors (Lipinski definition) is 5. The summed E-state index contributed by atoms with van der Waals surface area (Å²) >= 11 is 13.2. The van der Waals surface area contributed by atoms with Gasteiger partial charge in [-0.1, -0.05) is 71.4 Å². The molecule has 212 valence electrons. The maximum absolute atomic E-state index is 12.8. The Kier molecular flexibility index (Phi) is 8.77. The van der Waals surface area contributed by atoms with Crippen LogP contribution in [-0.2, 0) is 22.2 Å².